The Labute approximate surface area is 218 Å². The number of anilines is 1. The summed E-state index contributed by atoms with van der Waals surface area (Å²) in [5.41, 5.74) is 3.44. The molecule has 1 fully saturated rings. The Kier molecular flexibility index (Phi) is 8.08. The van der Waals surface area contributed by atoms with Crippen molar-refractivity contribution < 1.29 is 4.79 Å². The summed E-state index contributed by atoms with van der Waals surface area (Å²) in [6.07, 6.45) is 15.6. The van der Waals surface area contributed by atoms with E-state index in [0.717, 1.165) is 29.9 Å². The molecule has 0 bridgehead atoms. The van der Waals surface area contributed by atoms with E-state index in [4.69, 9.17) is 4.98 Å². The number of nitrogens with one attached hydrogen (secondary N) is 2. The highest BCUT2D eigenvalue weighted by molar-refractivity contribution is 5.97. The highest BCUT2D eigenvalue weighted by Crippen LogP contribution is 2.27. The molecule has 1 aliphatic carbocycles. The lowest BCUT2D eigenvalue weighted by molar-refractivity contribution is 0.0953. The first-order valence-electron chi connectivity index (χ1n) is 13.6. The second kappa shape index (κ2) is 12.0. The number of carbonyl (C=O) groups excluding carboxylic acids is 1. The molecule has 1 saturated carbocycles. The summed E-state index contributed by atoms with van der Waals surface area (Å²) in [5, 5.41) is 6.49. The minimum Gasteiger partial charge on any atom is -0.362 e. The minimum absolute atomic E-state index is 0.0463. The maximum Gasteiger partial charge on any atom is 0.251 e. The van der Waals surface area contributed by atoms with Crippen LogP contribution in [0.15, 0.2) is 67.3 Å². The van der Waals surface area contributed by atoms with Crippen LogP contribution >= 0.6 is 0 Å². The van der Waals surface area contributed by atoms with Gasteiger partial charge in [-0.2, -0.15) is 0 Å². The standard InChI is InChI=1S/C30H36N6O/c1-22(24-13-6-3-7-14-24)34-28-19-31-20-29(35-28)36-21-33-26-18-25(15-16-27(26)36)30(37)32-17-9-8-12-23-10-4-2-5-11-23/h3,6-7,13-16,18-23H,2,4-5,8-12,17H2,1H3,(H,32,37)(H,34,35)/t22-/m0/s1. The summed E-state index contributed by atoms with van der Waals surface area (Å²) >= 11 is 0. The van der Waals surface area contributed by atoms with Crippen LogP contribution in [0, 0.1) is 5.92 Å². The lowest BCUT2D eigenvalue weighted by Gasteiger charge is -2.21. The molecule has 2 aromatic carbocycles. The van der Waals surface area contributed by atoms with Crippen LogP contribution in [0.25, 0.3) is 16.9 Å². The third-order valence-corrected chi connectivity index (χ3v) is 7.39. The number of benzene rings is 2. The predicted molar refractivity (Wildman–Crippen MR) is 148 cm³/mol. The van der Waals surface area contributed by atoms with Gasteiger partial charge in [0, 0.05) is 18.2 Å². The van der Waals surface area contributed by atoms with E-state index in [9.17, 15) is 4.79 Å². The van der Waals surface area contributed by atoms with Crippen molar-refractivity contribution in [1.29, 1.82) is 0 Å². The van der Waals surface area contributed by atoms with Crippen molar-refractivity contribution in [3.8, 4) is 5.82 Å². The molecule has 2 N–H and O–H groups in total. The van der Waals surface area contributed by atoms with Crippen molar-refractivity contribution in [2.45, 2.75) is 64.3 Å². The molecule has 7 heteroatoms. The zero-order valence-corrected chi connectivity index (χ0v) is 21.6. The number of amides is 1. The number of nitrogens with zero attached hydrogens (tertiary/aromatic N) is 4. The van der Waals surface area contributed by atoms with Gasteiger partial charge in [-0.25, -0.2) is 9.97 Å². The molecule has 2 heterocycles. The molecule has 0 radical (unpaired) electrons. The molecule has 0 saturated heterocycles. The van der Waals surface area contributed by atoms with E-state index in [0.29, 0.717) is 17.2 Å². The number of aromatic nitrogens is 4. The largest absolute Gasteiger partial charge is 0.362 e. The third kappa shape index (κ3) is 6.34. The van der Waals surface area contributed by atoms with Crippen LogP contribution in [0.4, 0.5) is 5.82 Å². The Hall–Kier alpha value is -3.74. The van der Waals surface area contributed by atoms with E-state index in [1.807, 2.05) is 41.0 Å². The maximum absolute atomic E-state index is 12.7. The van der Waals surface area contributed by atoms with Crippen LogP contribution in [0.5, 0.6) is 0 Å². The molecule has 2 aromatic heterocycles. The molecule has 1 aliphatic rings. The molecule has 0 aliphatic heterocycles. The van der Waals surface area contributed by atoms with Gasteiger partial charge in [0.25, 0.3) is 5.91 Å². The average molecular weight is 497 g/mol. The van der Waals surface area contributed by atoms with Crippen LogP contribution in [-0.2, 0) is 0 Å². The van der Waals surface area contributed by atoms with E-state index in [2.05, 4.69) is 39.7 Å². The molecule has 7 nitrogen and oxygen atoms in total. The molecular formula is C30H36N6O. The van der Waals surface area contributed by atoms with E-state index in [1.165, 1.54) is 50.5 Å². The van der Waals surface area contributed by atoms with E-state index < -0.39 is 0 Å². The first kappa shape index (κ1) is 24.9. The van der Waals surface area contributed by atoms with Crippen LogP contribution in [0.1, 0.15) is 80.3 Å². The van der Waals surface area contributed by atoms with Gasteiger partial charge in [-0.05, 0) is 43.0 Å². The summed E-state index contributed by atoms with van der Waals surface area (Å²) in [6.45, 7) is 2.81. The molecule has 4 aromatic rings. The number of hydrogen-bond donors (Lipinski definition) is 2. The van der Waals surface area contributed by atoms with Crippen molar-refractivity contribution >= 4 is 22.8 Å². The Morgan fingerprint density at radius 2 is 1.89 bits per heavy atom. The van der Waals surface area contributed by atoms with Gasteiger partial charge < -0.3 is 10.6 Å². The topological polar surface area (TPSA) is 84.7 Å². The number of fused-ring (bicyclic) bond motifs is 1. The highest BCUT2D eigenvalue weighted by atomic mass is 16.1. The lowest BCUT2D eigenvalue weighted by atomic mass is 9.86. The molecule has 0 unspecified atom stereocenters. The zero-order chi connectivity index (χ0) is 25.5. The van der Waals surface area contributed by atoms with E-state index in [-0.39, 0.29) is 11.9 Å². The Morgan fingerprint density at radius 3 is 2.73 bits per heavy atom. The van der Waals surface area contributed by atoms with Gasteiger partial charge in [0.05, 0.1) is 23.4 Å². The molecule has 192 valence electrons. The summed E-state index contributed by atoms with van der Waals surface area (Å²) in [4.78, 5) is 26.4. The van der Waals surface area contributed by atoms with Gasteiger partial charge in [-0.1, -0.05) is 75.3 Å². The van der Waals surface area contributed by atoms with Crippen molar-refractivity contribution in [1.82, 2.24) is 24.8 Å². The Bertz CT molecular complexity index is 1310. The summed E-state index contributed by atoms with van der Waals surface area (Å²) < 4.78 is 1.90. The molecule has 5 rings (SSSR count). The Morgan fingerprint density at radius 1 is 1.05 bits per heavy atom. The van der Waals surface area contributed by atoms with Gasteiger partial charge in [-0.3, -0.25) is 14.3 Å². The number of rotatable bonds is 10. The van der Waals surface area contributed by atoms with Crippen molar-refractivity contribution in [3.63, 3.8) is 0 Å². The second-order valence-electron chi connectivity index (χ2n) is 10.1. The number of hydrogen-bond acceptors (Lipinski definition) is 5. The molecule has 37 heavy (non-hydrogen) atoms. The monoisotopic (exact) mass is 496 g/mol. The van der Waals surface area contributed by atoms with Crippen molar-refractivity contribution in [2.24, 2.45) is 5.92 Å². The molecule has 0 spiro atoms. The molecular weight excluding hydrogens is 460 g/mol. The zero-order valence-electron chi connectivity index (χ0n) is 21.6. The smallest absolute Gasteiger partial charge is 0.251 e. The van der Waals surface area contributed by atoms with Gasteiger partial charge in [0.1, 0.15) is 12.1 Å². The van der Waals surface area contributed by atoms with E-state index in [1.54, 1.807) is 18.7 Å². The number of unbranched alkanes of at least 4 members (excludes halogenated alkanes) is 1. The summed E-state index contributed by atoms with van der Waals surface area (Å²) in [6, 6.07) is 16.0. The molecule has 1 atom stereocenters. The first-order chi connectivity index (χ1) is 18.2. The summed E-state index contributed by atoms with van der Waals surface area (Å²) in [5.74, 6) is 2.21. The fourth-order valence-corrected chi connectivity index (χ4v) is 5.26. The Balaban J connectivity index is 1.19. The fraction of sp³-hybridized carbons (Fsp3) is 0.400. The van der Waals surface area contributed by atoms with Gasteiger partial charge >= 0.3 is 0 Å². The van der Waals surface area contributed by atoms with Crippen LogP contribution in [-0.4, -0.2) is 32.0 Å². The third-order valence-electron chi connectivity index (χ3n) is 7.39. The van der Waals surface area contributed by atoms with Crippen LogP contribution < -0.4 is 10.6 Å². The second-order valence-corrected chi connectivity index (χ2v) is 10.1. The van der Waals surface area contributed by atoms with Gasteiger partial charge in [0.2, 0.25) is 0 Å². The molecule has 1 amide bonds. The SMILES string of the molecule is C[C@H](Nc1cncc(-n2cnc3cc(C(=O)NCCCCC4CCCCC4)ccc32)n1)c1ccccc1. The average Bonchev–Trinajstić information content (AvgIpc) is 3.37. The first-order valence-corrected chi connectivity index (χ1v) is 13.6. The van der Waals surface area contributed by atoms with Crippen LogP contribution in [0.3, 0.4) is 0 Å². The van der Waals surface area contributed by atoms with Gasteiger partial charge in [0.15, 0.2) is 5.82 Å². The van der Waals surface area contributed by atoms with Crippen molar-refractivity contribution in [2.75, 3.05) is 11.9 Å². The predicted octanol–water partition coefficient (Wildman–Crippen LogP) is 6.47. The van der Waals surface area contributed by atoms with Gasteiger partial charge in [-0.15, -0.1) is 0 Å². The number of imidazole rings is 1. The normalized spacial score (nSPS) is 14.9. The lowest BCUT2D eigenvalue weighted by Crippen LogP contribution is -2.24. The van der Waals surface area contributed by atoms with Crippen molar-refractivity contribution in [3.05, 3.63) is 78.4 Å². The fourth-order valence-electron chi connectivity index (χ4n) is 5.26. The number of carbonyl (C=O) groups is 1. The maximum atomic E-state index is 12.7. The highest BCUT2D eigenvalue weighted by Gasteiger charge is 2.14. The minimum atomic E-state index is -0.0463. The summed E-state index contributed by atoms with van der Waals surface area (Å²) in [7, 11) is 0. The quantitative estimate of drug-likeness (QED) is 0.246. The van der Waals surface area contributed by atoms with E-state index >= 15 is 0 Å². The van der Waals surface area contributed by atoms with Crippen LogP contribution in [0.2, 0.25) is 0 Å².